The molecule has 1 saturated heterocycles. The maximum absolute atomic E-state index is 14.2. The molecule has 0 saturated carbocycles. The molecule has 1 atom stereocenters. The Morgan fingerprint density at radius 1 is 1.09 bits per heavy atom. The normalized spacial score (nSPS) is 17.4. The van der Waals surface area contributed by atoms with Gasteiger partial charge in [-0.3, -0.25) is 9.69 Å². The number of anilines is 2. The van der Waals surface area contributed by atoms with Gasteiger partial charge in [0.1, 0.15) is 22.9 Å². The molecule has 1 amide bonds. The first-order valence-corrected chi connectivity index (χ1v) is 10.4. The van der Waals surface area contributed by atoms with E-state index in [-0.39, 0.29) is 43.3 Å². The van der Waals surface area contributed by atoms with Crippen LogP contribution in [0.5, 0.6) is 11.5 Å². The van der Waals surface area contributed by atoms with Crippen LogP contribution in [0.1, 0.15) is 5.56 Å². The second kappa shape index (κ2) is 9.80. The van der Waals surface area contributed by atoms with Gasteiger partial charge in [-0.05, 0) is 43.4 Å². The fourth-order valence-corrected chi connectivity index (χ4v) is 3.88. The number of nitrogens with two attached hydrogens (primary N) is 1. The van der Waals surface area contributed by atoms with Crippen molar-refractivity contribution in [2.24, 2.45) is 0 Å². The van der Waals surface area contributed by atoms with Crippen LogP contribution in [0.25, 0.3) is 0 Å². The second-order valence-corrected chi connectivity index (χ2v) is 8.19. The van der Waals surface area contributed by atoms with E-state index in [1.807, 2.05) is 0 Å². The minimum absolute atomic E-state index is 0.0313. The van der Waals surface area contributed by atoms with Crippen LogP contribution in [0.2, 0.25) is 0 Å². The number of piperazine rings is 1. The van der Waals surface area contributed by atoms with E-state index in [4.69, 9.17) is 10.5 Å². The van der Waals surface area contributed by atoms with Gasteiger partial charge in [0.05, 0.1) is 11.4 Å². The number of hydrogen-bond donors (Lipinski definition) is 1. The number of carbonyl (C=O) groups excluding carboxylic acids is 1. The van der Waals surface area contributed by atoms with E-state index < -0.39 is 41.4 Å². The van der Waals surface area contributed by atoms with Crippen molar-refractivity contribution in [2.75, 3.05) is 50.9 Å². The highest BCUT2D eigenvalue weighted by atomic mass is 19.4. The molecule has 192 valence electrons. The van der Waals surface area contributed by atoms with Crippen molar-refractivity contribution in [1.82, 2.24) is 9.80 Å². The molecular weight excluding hydrogens is 485 g/mol. The van der Waals surface area contributed by atoms with Crippen molar-refractivity contribution >= 4 is 17.3 Å². The van der Waals surface area contributed by atoms with Crippen LogP contribution in [-0.4, -0.2) is 68.2 Å². The molecule has 0 unspecified atom stereocenters. The van der Waals surface area contributed by atoms with Crippen LogP contribution in [0.4, 0.5) is 42.1 Å². The number of ether oxygens (including phenoxy) is 1. The lowest BCUT2D eigenvalue weighted by molar-refractivity contribution is -0.184. The lowest BCUT2D eigenvalue weighted by atomic mass is 10.0. The summed E-state index contributed by atoms with van der Waals surface area (Å²) in [5.74, 6) is -3.23. The Hall–Kier alpha value is -3.22. The largest absolute Gasteiger partial charge is 0.471 e. The maximum atomic E-state index is 14.2. The number of halogens is 7. The number of nitrogens with zero attached hydrogens (tertiary/aromatic N) is 3. The van der Waals surface area contributed by atoms with Crippen LogP contribution < -0.4 is 15.4 Å². The van der Waals surface area contributed by atoms with Gasteiger partial charge in [0, 0.05) is 39.3 Å². The van der Waals surface area contributed by atoms with Gasteiger partial charge in [0.2, 0.25) is 0 Å². The molecule has 2 aromatic rings. The zero-order valence-electron chi connectivity index (χ0n) is 18.8. The zero-order chi connectivity index (χ0) is 26.1. The summed E-state index contributed by atoms with van der Waals surface area (Å²) in [6, 6.07) is 5.98. The number of likely N-dealkylation sites (N-methyl/N-ethyl adjacent to an activating group) is 2. The molecule has 1 aliphatic rings. The van der Waals surface area contributed by atoms with E-state index in [0.29, 0.717) is 4.90 Å². The van der Waals surface area contributed by atoms with E-state index in [2.05, 4.69) is 0 Å². The summed E-state index contributed by atoms with van der Waals surface area (Å²) in [7, 11) is 2.59. The van der Waals surface area contributed by atoms with E-state index in [9.17, 15) is 35.5 Å². The van der Waals surface area contributed by atoms with Crippen molar-refractivity contribution in [3.05, 3.63) is 47.8 Å². The highest BCUT2D eigenvalue weighted by Gasteiger charge is 2.44. The van der Waals surface area contributed by atoms with Gasteiger partial charge in [-0.15, -0.1) is 0 Å². The molecule has 0 aromatic heterocycles. The van der Waals surface area contributed by atoms with E-state index in [1.54, 1.807) is 11.9 Å². The third kappa shape index (κ3) is 6.08. The summed E-state index contributed by atoms with van der Waals surface area (Å²) in [4.78, 5) is 15.0. The Balaban J connectivity index is 1.95. The maximum Gasteiger partial charge on any atom is 0.471 e. The van der Waals surface area contributed by atoms with E-state index in [0.717, 1.165) is 25.2 Å². The molecule has 6 nitrogen and oxygen atoms in total. The Bertz CT molecular complexity index is 1060. The predicted octanol–water partition coefficient (Wildman–Crippen LogP) is 4.36. The van der Waals surface area contributed by atoms with Gasteiger partial charge in [-0.25, -0.2) is 4.39 Å². The van der Waals surface area contributed by atoms with Crippen molar-refractivity contribution in [2.45, 2.75) is 18.4 Å². The molecular formula is C22H23F7N4O2. The molecule has 0 aliphatic carbocycles. The number of nitrogen functional groups attached to an aromatic ring is 1. The first-order chi connectivity index (χ1) is 16.2. The number of amides is 1. The van der Waals surface area contributed by atoms with E-state index in [1.165, 1.54) is 23.1 Å². The molecule has 1 heterocycles. The fraction of sp³-hybridized carbons (Fsp3) is 0.409. The minimum atomic E-state index is -5.07. The van der Waals surface area contributed by atoms with Crippen LogP contribution >= 0.6 is 0 Å². The lowest BCUT2D eigenvalue weighted by Crippen LogP contribution is -2.57. The minimum Gasteiger partial charge on any atom is -0.457 e. The Morgan fingerprint density at radius 3 is 2.29 bits per heavy atom. The summed E-state index contributed by atoms with van der Waals surface area (Å²) < 4.78 is 99.6. The quantitative estimate of drug-likeness (QED) is 0.481. The number of hydrogen-bond acceptors (Lipinski definition) is 5. The average molecular weight is 508 g/mol. The van der Waals surface area contributed by atoms with Crippen molar-refractivity contribution in [1.29, 1.82) is 0 Å². The summed E-state index contributed by atoms with van der Waals surface area (Å²) >= 11 is 0. The van der Waals surface area contributed by atoms with Gasteiger partial charge < -0.3 is 20.3 Å². The Morgan fingerprint density at radius 2 is 1.71 bits per heavy atom. The molecule has 0 bridgehead atoms. The fourth-order valence-electron chi connectivity index (χ4n) is 3.88. The highest BCUT2D eigenvalue weighted by molar-refractivity contribution is 5.81. The topological polar surface area (TPSA) is 62.0 Å². The molecule has 2 aromatic carbocycles. The van der Waals surface area contributed by atoms with Gasteiger partial charge in [-0.1, -0.05) is 0 Å². The molecule has 13 heteroatoms. The van der Waals surface area contributed by atoms with Gasteiger partial charge in [0.15, 0.2) is 0 Å². The molecule has 1 fully saturated rings. The predicted molar refractivity (Wildman–Crippen MR) is 115 cm³/mol. The van der Waals surface area contributed by atoms with Crippen molar-refractivity contribution in [3.8, 4) is 11.5 Å². The van der Waals surface area contributed by atoms with Crippen LogP contribution in [-0.2, 0) is 11.0 Å². The Kier molecular flexibility index (Phi) is 7.39. The Labute approximate surface area is 196 Å². The van der Waals surface area contributed by atoms with Gasteiger partial charge in [0.25, 0.3) is 0 Å². The number of alkyl halides is 6. The monoisotopic (exact) mass is 508 g/mol. The second-order valence-electron chi connectivity index (χ2n) is 8.19. The summed E-state index contributed by atoms with van der Waals surface area (Å²) in [6.07, 6.45) is -9.97. The average Bonchev–Trinajstić information content (AvgIpc) is 2.76. The van der Waals surface area contributed by atoms with Crippen LogP contribution in [0.15, 0.2) is 36.4 Å². The first-order valence-electron chi connectivity index (χ1n) is 10.4. The van der Waals surface area contributed by atoms with Gasteiger partial charge in [-0.2, -0.15) is 26.3 Å². The molecule has 3 rings (SSSR count). The number of rotatable bonds is 5. The smallest absolute Gasteiger partial charge is 0.457 e. The summed E-state index contributed by atoms with van der Waals surface area (Å²) in [5, 5.41) is 0. The van der Waals surface area contributed by atoms with Gasteiger partial charge >= 0.3 is 18.3 Å². The molecule has 0 radical (unpaired) electrons. The number of carbonyl (C=O) groups is 1. The lowest BCUT2D eigenvalue weighted by Gasteiger charge is -2.43. The SMILES string of the molecule is CN(C[C@H]1CN(c2c(N)ccc(Oc3ccc(F)cc3)c2C(F)(F)F)CCN1C)C(=O)C(F)(F)F. The molecule has 1 aliphatic heterocycles. The van der Waals surface area contributed by atoms with Crippen molar-refractivity contribution < 1.29 is 40.3 Å². The van der Waals surface area contributed by atoms with Crippen molar-refractivity contribution in [3.63, 3.8) is 0 Å². The number of benzene rings is 2. The van der Waals surface area contributed by atoms with Crippen LogP contribution in [0, 0.1) is 5.82 Å². The summed E-state index contributed by atoms with van der Waals surface area (Å²) in [6.45, 7) is -0.187. The standard InChI is InChI=1S/C22H23F7N4O2/c1-31-9-10-33(12-14(31)11-32(2)20(34)22(27,28)29)19-16(30)7-8-17(18(19)21(24,25)26)35-15-5-3-13(23)4-6-15/h3-8,14H,9-12,30H2,1-2H3/t14-/m0/s1. The highest BCUT2D eigenvalue weighted by Crippen LogP contribution is 2.47. The first kappa shape index (κ1) is 26.4. The van der Waals surface area contributed by atoms with E-state index >= 15 is 0 Å². The zero-order valence-corrected chi connectivity index (χ0v) is 18.8. The summed E-state index contributed by atoms with van der Waals surface area (Å²) in [5.41, 5.74) is 4.20. The third-order valence-electron chi connectivity index (χ3n) is 5.66. The van der Waals surface area contributed by atoms with Crippen LogP contribution in [0.3, 0.4) is 0 Å². The molecule has 0 spiro atoms. The molecule has 2 N–H and O–H groups in total. The molecule has 35 heavy (non-hydrogen) atoms. The third-order valence-corrected chi connectivity index (χ3v) is 5.66.